The van der Waals surface area contributed by atoms with Crippen molar-refractivity contribution in [3.05, 3.63) is 10.4 Å². The average Bonchev–Trinajstić information content (AvgIpc) is 3.16. The number of nitrogens with one attached hydrogen (secondary N) is 1. The lowest BCUT2D eigenvalue weighted by atomic mass is 10.0. The summed E-state index contributed by atoms with van der Waals surface area (Å²) in [6.07, 6.45) is 1.73. The molecule has 4 heterocycles. The molecule has 1 aliphatic heterocycles. The van der Waals surface area contributed by atoms with E-state index in [4.69, 9.17) is 0 Å². The molecule has 1 aliphatic rings. The summed E-state index contributed by atoms with van der Waals surface area (Å²) in [6.45, 7) is 7.59. The molecule has 0 saturated carbocycles. The minimum atomic E-state index is -0.441. The van der Waals surface area contributed by atoms with Crippen LogP contribution in [0.4, 0.5) is 5.82 Å². The van der Waals surface area contributed by atoms with Crippen LogP contribution in [-0.2, 0) is 13.0 Å². The number of aliphatic hydroxyl groups excluding tert-OH is 1. The fraction of sp³-hybridized carbons (Fsp3) is 0.600. The standard InChI is InChI=1S/C15H21N7OS/c1-3-5-21-6-4-10-11(8-21)24-14-12(10)13(16-7-9(2)23)17-15-18-19-20-22(14)15/h9,23H,3-8H2,1-2H3,(H,16,17,18,20)/t9-/m0/s1. The van der Waals surface area contributed by atoms with Gasteiger partial charge < -0.3 is 10.4 Å². The molecule has 0 aromatic carbocycles. The van der Waals surface area contributed by atoms with E-state index in [0.29, 0.717) is 12.3 Å². The Labute approximate surface area is 143 Å². The second-order valence-electron chi connectivity index (χ2n) is 6.29. The summed E-state index contributed by atoms with van der Waals surface area (Å²) in [5.41, 5.74) is 1.35. The van der Waals surface area contributed by atoms with Crippen LogP contribution >= 0.6 is 11.3 Å². The minimum absolute atomic E-state index is 0.441. The summed E-state index contributed by atoms with van der Waals surface area (Å²) in [5.74, 6) is 1.26. The van der Waals surface area contributed by atoms with Gasteiger partial charge in [0.2, 0.25) is 0 Å². The molecule has 0 bridgehead atoms. The Kier molecular flexibility index (Phi) is 4.07. The summed E-state index contributed by atoms with van der Waals surface area (Å²) in [5, 5.41) is 25.8. The number of aliphatic hydroxyl groups is 1. The number of aromatic nitrogens is 5. The van der Waals surface area contributed by atoms with E-state index in [9.17, 15) is 5.11 Å². The zero-order valence-corrected chi connectivity index (χ0v) is 14.7. The van der Waals surface area contributed by atoms with E-state index in [1.165, 1.54) is 16.9 Å². The van der Waals surface area contributed by atoms with Crippen LogP contribution in [0.2, 0.25) is 0 Å². The van der Waals surface area contributed by atoms with E-state index in [-0.39, 0.29) is 0 Å². The molecule has 1 atom stereocenters. The van der Waals surface area contributed by atoms with Gasteiger partial charge in [0, 0.05) is 24.5 Å². The first-order valence-electron chi connectivity index (χ1n) is 8.34. The Hall–Kier alpha value is -1.84. The van der Waals surface area contributed by atoms with E-state index in [1.807, 2.05) is 0 Å². The van der Waals surface area contributed by atoms with E-state index >= 15 is 0 Å². The van der Waals surface area contributed by atoms with Crippen molar-refractivity contribution < 1.29 is 5.11 Å². The maximum atomic E-state index is 9.60. The zero-order valence-electron chi connectivity index (χ0n) is 13.9. The van der Waals surface area contributed by atoms with Crippen molar-refractivity contribution in [3.63, 3.8) is 0 Å². The van der Waals surface area contributed by atoms with E-state index in [0.717, 1.165) is 42.1 Å². The monoisotopic (exact) mass is 347 g/mol. The lowest BCUT2D eigenvalue weighted by Gasteiger charge is -2.26. The predicted octanol–water partition coefficient (Wildman–Crippen LogP) is 1.29. The molecular weight excluding hydrogens is 326 g/mol. The van der Waals surface area contributed by atoms with Gasteiger partial charge in [-0.05, 0) is 42.3 Å². The number of thiophene rings is 1. The van der Waals surface area contributed by atoms with Crippen LogP contribution in [-0.4, -0.2) is 60.8 Å². The van der Waals surface area contributed by atoms with Crippen LogP contribution in [0.1, 0.15) is 30.7 Å². The second-order valence-corrected chi connectivity index (χ2v) is 7.37. The summed E-state index contributed by atoms with van der Waals surface area (Å²) in [6, 6.07) is 0. The first kappa shape index (κ1) is 15.7. The molecule has 2 N–H and O–H groups in total. The molecule has 3 aromatic rings. The zero-order chi connectivity index (χ0) is 16.7. The quantitative estimate of drug-likeness (QED) is 0.718. The van der Waals surface area contributed by atoms with Crippen LogP contribution in [0, 0.1) is 0 Å². The molecule has 3 aromatic heterocycles. The van der Waals surface area contributed by atoms with E-state index in [2.05, 4.69) is 37.6 Å². The van der Waals surface area contributed by atoms with Crippen LogP contribution in [0.5, 0.6) is 0 Å². The largest absolute Gasteiger partial charge is 0.392 e. The van der Waals surface area contributed by atoms with Gasteiger partial charge in [-0.2, -0.15) is 9.50 Å². The first-order valence-corrected chi connectivity index (χ1v) is 9.15. The number of rotatable bonds is 5. The molecule has 0 fully saturated rings. The lowest BCUT2D eigenvalue weighted by molar-refractivity contribution is 0.208. The van der Waals surface area contributed by atoms with E-state index in [1.54, 1.807) is 22.8 Å². The van der Waals surface area contributed by atoms with Gasteiger partial charge >= 0.3 is 0 Å². The van der Waals surface area contributed by atoms with Crippen molar-refractivity contribution in [2.45, 2.75) is 39.3 Å². The Bertz CT molecular complexity index is 872. The van der Waals surface area contributed by atoms with Crippen molar-refractivity contribution in [3.8, 4) is 0 Å². The maximum Gasteiger partial charge on any atom is 0.276 e. The number of nitrogens with zero attached hydrogens (tertiary/aromatic N) is 6. The van der Waals surface area contributed by atoms with Crippen molar-refractivity contribution >= 4 is 33.1 Å². The highest BCUT2D eigenvalue weighted by molar-refractivity contribution is 7.19. The van der Waals surface area contributed by atoms with Gasteiger partial charge in [-0.1, -0.05) is 12.0 Å². The van der Waals surface area contributed by atoms with Gasteiger partial charge in [-0.3, -0.25) is 4.90 Å². The Balaban J connectivity index is 1.85. The van der Waals surface area contributed by atoms with Crippen molar-refractivity contribution in [1.29, 1.82) is 0 Å². The number of fused-ring (bicyclic) bond motifs is 5. The second kappa shape index (κ2) is 6.23. The predicted molar refractivity (Wildman–Crippen MR) is 93.4 cm³/mol. The number of hydrogen-bond donors (Lipinski definition) is 2. The molecule has 8 nitrogen and oxygen atoms in total. The number of tetrazole rings is 1. The highest BCUT2D eigenvalue weighted by Gasteiger charge is 2.25. The molecule has 24 heavy (non-hydrogen) atoms. The number of anilines is 1. The third kappa shape index (κ3) is 2.62. The van der Waals surface area contributed by atoms with Crippen LogP contribution in [0.3, 0.4) is 0 Å². The van der Waals surface area contributed by atoms with Crippen LogP contribution in [0.15, 0.2) is 0 Å². The Morgan fingerprint density at radius 2 is 2.29 bits per heavy atom. The van der Waals surface area contributed by atoms with Gasteiger partial charge in [0.25, 0.3) is 5.78 Å². The topological polar surface area (TPSA) is 91.5 Å². The molecule has 128 valence electrons. The van der Waals surface area contributed by atoms with E-state index < -0.39 is 6.10 Å². The van der Waals surface area contributed by atoms with Gasteiger partial charge in [0.15, 0.2) is 0 Å². The van der Waals surface area contributed by atoms with Crippen molar-refractivity contribution in [2.75, 3.05) is 25.0 Å². The van der Waals surface area contributed by atoms with Crippen molar-refractivity contribution in [1.82, 2.24) is 29.9 Å². The smallest absolute Gasteiger partial charge is 0.276 e. The summed E-state index contributed by atoms with van der Waals surface area (Å²) in [4.78, 5) is 9.46. The first-order chi connectivity index (χ1) is 11.7. The minimum Gasteiger partial charge on any atom is -0.392 e. The molecule has 0 unspecified atom stereocenters. The molecule has 0 radical (unpaired) electrons. The lowest BCUT2D eigenvalue weighted by Crippen LogP contribution is -2.30. The highest BCUT2D eigenvalue weighted by atomic mass is 32.1. The fourth-order valence-electron chi connectivity index (χ4n) is 3.25. The molecule has 9 heteroatoms. The Morgan fingerprint density at radius 1 is 1.42 bits per heavy atom. The molecule has 0 saturated heterocycles. The average molecular weight is 347 g/mol. The van der Waals surface area contributed by atoms with Gasteiger partial charge in [0.1, 0.15) is 10.6 Å². The molecule has 0 spiro atoms. The third-order valence-electron chi connectivity index (χ3n) is 4.32. The third-order valence-corrected chi connectivity index (χ3v) is 5.51. The highest BCUT2D eigenvalue weighted by Crippen LogP contribution is 2.38. The van der Waals surface area contributed by atoms with Gasteiger partial charge in [-0.25, -0.2) is 0 Å². The molecular formula is C15H21N7OS. The summed E-state index contributed by atoms with van der Waals surface area (Å²) < 4.78 is 1.72. The fourth-order valence-corrected chi connectivity index (χ4v) is 4.59. The summed E-state index contributed by atoms with van der Waals surface area (Å²) in [7, 11) is 0. The van der Waals surface area contributed by atoms with Crippen LogP contribution < -0.4 is 5.32 Å². The van der Waals surface area contributed by atoms with Gasteiger partial charge in [0.05, 0.1) is 11.5 Å². The SMILES string of the molecule is CCCN1CCc2c(sc3c2c(NC[C@H](C)O)nc2nnnn23)C1. The maximum absolute atomic E-state index is 9.60. The van der Waals surface area contributed by atoms with Gasteiger partial charge in [-0.15, -0.1) is 11.3 Å². The Morgan fingerprint density at radius 3 is 3.08 bits per heavy atom. The van der Waals surface area contributed by atoms with Crippen LogP contribution in [0.25, 0.3) is 16.0 Å². The molecule has 0 amide bonds. The molecule has 0 aliphatic carbocycles. The van der Waals surface area contributed by atoms with Crippen molar-refractivity contribution in [2.24, 2.45) is 0 Å². The molecule has 4 rings (SSSR count). The summed E-state index contributed by atoms with van der Waals surface area (Å²) >= 11 is 1.75. The normalized spacial score (nSPS) is 16.6. The number of hydrogen-bond acceptors (Lipinski definition) is 8.